The third-order valence-electron chi connectivity index (χ3n) is 2.68. The first-order valence-electron chi connectivity index (χ1n) is 6.39. The molecule has 5 nitrogen and oxygen atoms in total. The van der Waals surface area contributed by atoms with Crippen LogP contribution in [0.15, 0.2) is 18.2 Å². The van der Waals surface area contributed by atoms with Gasteiger partial charge in [-0.2, -0.15) is 0 Å². The maximum atomic E-state index is 11.9. The predicted octanol–water partition coefficient (Wildman–Crippen LogP) is 1.10. The molecule has 0 aliphatic carbocycles. The van der Waals surface area contributed by atoms with Crippen molar-refractivity contribution >= 4 is 5.91 Å². The number of hydrogen-bond acceptors (Lipinski definition) is 4. The van der Waals surface area contributed by atoms with Crippen molar-refractivity contribution in [2.24, 2.45) is 5.73 Å². The first-order chi connectivity index (χ1) is 9.19. The smallest absolute Gasteiger partial charge is 0.251 e. The molecule has 0 heterocycles. The van der Waals surface area contributed by atoms with Crippen molar-refractivity contribution in [3.63, 3.8) is 0 Å². The van der Waals surface area contributed by atoms with E-state index in [1.165, 1.54) is 0 Å². The van der Waals surface area contributed by atoms with Crippen LogP contribution in [0.2, 0.25) is 0 Å². The minimum absolute atomic E-state index is 0.0999. The van der Waals surface area contributed by atoms with Crippen molar-refractivity contribution in [2.75, 3.05) is 33.4 Å². The molecular weight excluding hydrogens is 244 g/mol. The Labute approximate surface area is 114 Å². The molecule has 0 saturated carbocycles. The van der Waals surface area contributed by atoms with E-state index in [0.29, 0.717) is 31.9 Å². The Balaban J connectivity index is 2.37. The summed E-state index contributed by atoms with van der Waals surface area (Å²) in [4.78, 5) is 11.9. The summed E-state index contributed by atoms with van der Waals surface area (Å²) in [5.41, 5.74) is 6.91. The summed E-state index contributed by atoms with van der Waals surface area (Å²) in [6.07, 6.45) is 0.773. The number of amides is 1. The van der Waals surface area contributed by atoms with Crippen LogP contribution < -0.4 is 15.8 Å². The summed E-state index contributed by atoms with van der Waals surface area (Å²) in [6.45, 7) is 4.21. The van der Waals surface area contributed by atoms with Gasteiger partial charge in [0.25, 0.3) is 5.91 Å². The fourth-order valence-corrected chi connectivity index (χ4v) is 1.62. The van der Waals surface area contributed by atoms with Gasteiger partial charge >= 0.3 is 0 Å². The third kappa shape index (κ3) is 5.28. The summed E-state index contributed by atoms with van der Waals surface area (Å²) in [6, 6.07) is 5.41. The van der Waals surface area contributed by atoms with Crippen LogP contribution in [-0.2, 0) is 4.74 Å². The van der Waals surface area contributed by atoms with Crippen molar-refractivity contribution in [1.29, 1.82) is 0 Å². The molecule has 5 heteroatoms. The van der Waals surface area contributed by atoms with Crippen LogP contribution in [0, 0.1) is 6.92 Å². The average molecular weight is 266 g/mol. The Bertz CT molecular complexity index is 408. The molecule has 0 atom stereocenters. The number of carbonyl (C=O) groups is 1. The largest absolute Gasteiger partial charge is 0.496 e. The number of carbonyl (C=O) groups excluding carboxylic acids is 1. The molecule has 0 spiro atoms. The first-order valence-corrected chi connectivity index (χ1v) is 6.39. The molecule has 0 unspecified atom stereocenters. The highest BCUT2D eigenvalue weighted by molar-refractivity contribution is 5.94. The molecule has 0 fully saturated rings. The van der Waals surface area contributed by atoms with Gasteiger partial charge in [0.2, 0.25) is 0 Å². The maximum Gasteiger partial charge on any atom is 0.251 e. The van der Waals surface area contributed by atoms with Crippen LogP contribution in [0.4, 0.5) is 0 Å². The van der Waals surface area contributed by atoms with Crippen LogP contribution in [0.3, 0.4) is 0 Å². The van der Waals surface area contributed by atoms with Crippen molar-refractivity contribution in [1.82, 2.24) is 5.32 Å². The Morgan fingerprint density at radius 3 is 2.84 bits per heavy atom. The number of benzene rings is 1. The lowest BCUT2D eigenvalue weighted by atomic mass is 10.1. The van der Waals surface area contributed by atoms with Crippen LogP contribution in [0.1, 0.15) is 22.3 Å². The van der Waals surface area contributed by atoms with Crippen molar-refractivity contribution < 1.29 is 14.3 Å². The second kappa shape index (κ2) is 8.50. The van der Waals surface area contributed by atoms with Crippen molar-refractivity contribution in [3.05, 3.63) is 29.3 Å². The van der Waals surface area contributed by atoms with E-state index in [9.17, 15) is 4.79 Å². The van der Waals surface area contributed by atoms with Gasteiger partial charge < -0.3 is 20.5 Å². The highest BCUT2D eigenvalue weighted by atomic mass is 16.5. The Kier molecular flexibility index (Phi) is 6.92. The van der Waals surface area contributed by atoms with Gasteiger partial charge in [0.15, 0.2) is 0 Å². The highest BCUT2D eigenvalue weighted by Gasteiger charge is 2.07. The fraction of sp³-hybridized carbons (Fsp3) is 0.500. The van der Waals surface area contributed by atoms with Crippen molar-refractivity contribution in [2.45, 2.75) is 13.3 Å². The lowest BCUT2D eigenvalue weighted by Gasteiger charge is -2.08. The number of aryl methyl sites for hydroxylation is 1. The molecule has 19 heavy (non-hydrogen) atoms. The number of hydrogen-bond donors (Lipinski definition) is 2. The molecule has 1 amide bonds. The van der Waals surface area contributed by atoms with Crippen LogP contribution in [-0.4, -0.2) is 39.3 Å². The number of ether oxygens (including phenoxy) is 2. The van der Waals surface area contributed by atoms with E-state index in [-0.39, 0.29) is 5.91 Å². The molecule has 0 bridgehead atoms. The zero-order chi connectivity index (χ0) is 14.1. The second-order valence-electron chi connectivity index (χ2n) is 4.19. The molecular formula is C14H22N2O3. The number of rotatable bonds is 8. The highest BCUT2D eigenvalue weighted by Crippen LogP contribution is 2.18. The molecule has 0 saturated heterocycles. The van der Waals surface area contributed by atoms with E-state index in [2.05, 4.69) is 5.32 Å². The number of nitrogens with two attached hydrogens (primary N) is 1. The molecule has 106 valence electrons. The molecule has 0 aromatic heterocycles. The van der Waals surface area contributed by atoms with E-state index in [4.69, 9.17) is 15.2 Å². The van der Waals surface area contributed by atoms with Crippen molar-refractivity contribution in [3.8, 4) is 5.75 Å². The molecule has 0 aliphatic rings. The van der Waals surface area contributed by atoms with Crippen LogP contribution >= 0.6 is 0 Å². The van der Waals surface area contributed by atoms with Gasteiger partial charge in [-0.3, -0.25) is 4.79 Å². The maximum absolute atomic E-state index is 11.9. The van der Waals surface area contributed by atoms with Crippen LogP contribution in [0.5, 0.6) is 5.75 Å². The minimum atomic E-state index is -0.0999. The van der Waals surface area contributed by atoms with E-state index in [1.807, 2.05) is 13.0 Å². The van der Waals surface area contributed by atoms with Gasteiger partial charge in [-0.15, -0.1) is 0 Å². The van der Waals surface area contributed by atoms with Gasteiger partial charge in [-0.25, -0.2) is 0 Å². The van der Waals surface area contributed by atoms with Gasteiger partial charge in [0, 0.05) is 25.3 Å². The predicted molar refractivity (Wildman–Crippen MR) is 74.6 cm³/mol. The summed E-state index contributed by atoms with van der Waals surface area (Å²) in [7, 11) is 1.60. The van der Waals surface area contributed by atoms with E-state index >= 15 is 0 Å². The Morgan fingerprint density at radius 2 is 2.16 bits per heavy atom. The average Bonchev–Trinajstić information content (AvgIpc) is 2.43. The lowest BCUT2D eigenvalue weighted by molar-refractivity contribution is 0.0942. The number of methoxy groups -OCH3 is 1. The fourth-order valence-electron chi connectivity index (χ4n) is 1.62. The zero-order valence-corrected chi connectivity index (χ0v) is 11.6. The topological polar surface area (TPSA) is 73.6 Å². The summed E-state index contributed by atoms with van der Waals surface area (Å²) >= 11 is 0. The first kappa shape index (κ1) is 15.5. The minimum Gasteiger partial charge on any atom is -0.496 e. The SMILES string of the molecule is COc1cc(C(=O)NCCCOCCN)ccc1C. The number of nitrogens with one attached hydrogen (secondary N) is 1. The van der Waals surface area contributed by atoms with Gasteiger partial charge in [-0.05, 0) is 31.0 Å². The molecule has 1 rings (SSSR count). The van der Waals surface area contributed by atoms with Gasteiger partial charge in [-0.1, -0.05) is 6.07 Å². The standard InChI is InChI=1S/C14H22N2O3/c1-11-4-5-12(10-13(11)18-2)14(17)16-7-3-8-19-9-6-15/h4-5,10H,3,6-9,15H2,1-2H3,(H,16,17). The Morgan fingerprint density at radius 1 is 1.37 bits per heavy atom. The van der Waals surface area contributed by atoms with E-state index in [0.717, 1.165) is 17.7 Å². The van der Waals surface area contributed by atoms with Gasteiger partial charge in [0.05, 0.1) is 13.7 Å². The normalized spacial score (nSPS) is 10.3. The molecule has 0 aliphatic heterocycles. The Hall–Kier alpha value is -1.59. The van der Waals surface area contributed by atoms with E-state index in [1.54, 1.807) is 19.2 Å². The third-order valence-corrected chi connectivity index (χ3v) is 2.68. The molecule has 3 N–H and O–H groups in total. The van der Waals surface area contributed by atoms with Gasteiger partial charge in [0.1, 0.15) is 5.75 Å². The second-order valence-corrected chi connectivity index (χ2v) is 4.19. The summed E-state index contributed by atoms with van der Waals surface area (Å²) < 4.78 is 10.4. The molecule has 1 aromatic carbocycles. The summed E-state index contributed by atoms with van der Waals surface area (Å²) in [5.74, 6) is 0.621. The lowest BCUT2D eigenvalue weighted by Crippen LogP contribution is -2.25. The monoisotopic (exact) mass is 266 g/mol. The zero-order valence-electron chi connectivity index (χ0n) is 11.6. The quantitative estimate of drug-likeness (QED) is 0.691. The molecule has 1 aromatic rings. The van der Waals surface area contributed by atoms with Crippen LogP contribution in [0.25, 0.3) is 0 Å². The van der Waals surface area contributed by atoms with E-state index < -0.39 is 0 Å². The molecule has 0 radical (unpaired) electrons. The summed E-state index contributed by atoms with van der Waals surface area (Å²) in [5, 5.41) is 2.84.